The minimum Gasteiger partial charge on any atom is -0.387 e. The van der Waals surface area contributed by atoms with Crippen LogP contribution in [0, 0.1) is 0 Å². The van der Waals surface area contributed by atoms with Gasteiger partial charge in [-0.15, -0.1) is 0 Å². The third-order valence-corrected chi connectivity index (χ3v) is 3.70. The Hall–Kier alpha value is -0.860. The van der Waals surface area contributed by atoms with Gasteiger partial charge >= 0.3 is 0 Å². The summed E-state index contributed by atoms with van der Waals surface area (Å²) in [5.41, 5.74) is 1.05. The number of aliphatic hydroxyl groups is 1. The van der Waals surface area contributed by atoms with Crippen LogP contribution in [-0.2, 0) is 0 Å². The maximum absolute atomic E-state index is 10.5. The van der Waals surface area contributed by atoms with Crippen LogP contribution in [0.25, 0.3) is 0 Å². The molecule has 1 aliphatic heterocycles. The van der Waals surface area contributed by atoms with Crippen molar-refractivity contribution in [2.45, 2.75) is 44.8 Å². The fraction of sp³-hybridized carbons (Fsp3) is 0.600. The molecule has 0 aliphatic carbocycles. The average Bonchev–Trinajstić information content (AvgIpc) is 2.90. The second-order valence-electron chi connectivity index (χ2n) is 4.95. The van der Waals surface area contributed by atoms with Gasteiger partial charge in [-0.25, -0.2) is 0 Å². The lowest BCUT2D eigenvalue weighted by molar-refractivity contribution is 0.0558. The normalized spacial score (nSPS) is 20.4. The molecule has 0 bridgehead atoms. The maximum Gasteiger partial charge on any atom is 0.0945 e. The van der Waals surface area contributed by atoms with Gasteiger partial charge in [0.2, 0.25) is 0 Å². The van der Waals surface area contributed by atoms with Gasteiger partial charge in [-0.2, -0.15) is 0 Å². The highest BCUT2D eigenvalue weighted by atomic mass is 16.3. The fourth-order valence-electron chi connectivity index (χ4n) is 2.78. The molecule has 17 heavy (non-hydrogen) atoms. The van der Waals surface area contributed by atoms with E-state index in [4.69, 9.17) is 0 Å². The molecule has 94 valence electrons. The summed E-state index contributed by atoms with van der Waals surface area (Å²) in [6.45, 7) is 4.49. The van der Waals surface area contributed by atoms with E-state index in [-0.39, 0.29) is 6.10 Å². The lowest BCUT2D eigenvalue weighted by Crippen LogP contribution is -2.37. The van der Waals surface area contributed by atoms with E-state index >= 15 is 0 Å². The van der Waals surface area contributed by atoms with E-state index in [1.807, 2.05) is 30.3 Å². The van der Waals surface area contributed by atoms with Crippen LogP contribution >= 0.6 is 0 Å². The first-order chi connectivity index (χ1) is 8.33. The van der Waals surface area contributed by atoms with Gasteiger partial charge in [0.15, 0.2) is 0 Å². The SMILES string of the molecule is CCC[C@@H]([C@@H](O)c1ccccc1)N1CCCC1. The van der Waals surface area contributed by atoms with Gasteiger partial charge in [-0.3, -0.25) is 4.90 Å². The highest BCUT2D eigenvalue weighted by Crippen LogP contribution is 2.27. The number of rotatable bonds is 5. The predicted octanol–water partition coefficient (Wildman–Crippen LogP) is 2.98. The van der Waals surface area contributed by atoms with Crippen LogP contribution in [0.1, 0.15) is 44.3 Å². The highest BCUT2D eigenvalue weighted by molar-refractivity contribution is 5.19. The predicted molar refractivity (Wildman–Crippen MR) is 70.9 cm³/mol. The molecule has 0 saturated carbocycles. The monoisotopic (exact) mass is 233 g/mol. The lowest BCUT2D eigenvalue weighted by Gasteiger charge is -2.31. The summed E-state index contributed by atoms with van der Waals surface area (Å²) < 4.78 is 0. The van der Waals surface area contributed by atoms with Crippen molar-refractivity contribution in [3.63, 3.8) is 0 Å². The first-order valence-corrected chi connectivity index (χ1v) is 6.80. The van der Waals surface area contributed by atoms with Gasteiger partial charge < -0.3 is 5.11 Å². The third-order valence-electron chi connectivity index (χ3n) is 3.70. The summed E-state index contributed by atoms with van der Waals surface area (Å²) in [6, 6.07) is 10.4. The zero-order valence-electron chi connectivity index (χ0n) is 10.7. The Morgan fingerprint density at radius 3 is 2.41 bits per heavy atom. The van der Waals surface area contributed by atoms with Crippen LogP contribution in [0.2, 0.25) is 0 Å². The molecule has 0 spiro atoms. The van der Waals surface area contributed by atoms with Crippen molar-refractivity contribution in [2.75, 3.05) is 13.1 Å². The molecular formula is C15H23NO. The molecule has 1 fully saturated rings. The summed E-state index contributed by atoms with van der Waals surface area (Å²) in [7, 11) is 0. The van der Waals surface area contributed by atoms with E-state index in [0.29, 0.717) is 6.04 Å². The topological polar surface area (TPSA) is 23.5 Å². The van der Waals surface area contributed by atoms with E-state index < -0.39 is 0 Å². The third kappa shape index (κ3) is 3.08. The number of aliphatic hydroxyl groups excluding tert-OH is 1. The molecule has 2 nitrogen and oxygen atoms in total. The quantitative estimate of drug-likeness (QED) is 0.845. The Bertz CT molecular complexity index is 319. The molecule has 2 rings (SSSR count). The van der Waals surface area contributed by atoms with Crippen molar-refractivity contribution in [1.82, 2.24) is 4.90 Å². The minimum absolute atomic E-state index is 0.296. The second-order valence-corrected chi connectivity index (χ2v) is 4.95. The number of hydrogen-bond acceptors (Lipinski definition) is 2. The van der Waals surface area contributed by atoms with Gasteiger partial charge in [-0.1, -0.05) is 43.7 Å². The standard InChI is InChI=1S/C15H23NO/c1-2-8-14(16-11-6-7-12-16)15(17)13-9-4-3-5-10-13/h3-5,9-10,14-15,17H,2,6-8,11-12H2,1H3/t14-,15-/m0/s1. The Balaban J connectivity index is 2.09. The van der Waals surface area contributed by atoms with Gasteiger partial charge in [-0.05, 0) is 37.9 Å². The number of benzene rings is 1. The van der Waals surface area contributed by atoms with E-state index in [1.54, 1.807) is 0 Å². The molecule has 0 amide bonds. The Kier molecular flexibility index (Phi) is 4.57. The molecule has 1 aliphatic rings. The first kappa shape index (κ1) is 12.6. The summed E-state index contributed by atoms with van der Waals surface area (Å²) in [5.74, 6) is 0. The summed E-state index contributed by atoms with van der Waals surface area (Å²) in [4.78, 5) is 2.46. The summed E-state index contributed by atoms with van der Waals surface area (Å²) in [6.07, 6.45) is 4.43. The minimum atomic E-state index is -0.339. The molecule has 1 N–H and O–H groups in total. The first-order valence-electron chi connectivity index (χ1n) is 6.80. The van der Waals surface area contributed by atoms with Crippen molar-refractivity contribution in [3.05, 3.63) is 35.9 Å². The zero-order chi connectivity index (χ0) is 12.1. The summed E-state index contributed by atoms with van der Waals surface area (Å²) >= 11 is 0. The van der Waals surface area contributed by atoms with Crippen LogP contribution < -0.4 is 0 Å². The van der Waals surface area contributed by atoms with Crippen LogP contribution in [0.5, 0.6) is 0 Å². The van der Waals surface area contributed by atoms with Gasteiger partial charge in [0, 0.05) is 6.04 Å². The van der Waals surface area contributed by atoms with Gasteiger partial charge in [0.1, 0.15) is 0 Å². The molecule has 2 heteroatoms. The van der Waals surface area contributed by atoms with Crippen molar-refractivity contribution in [2.24, 2.45) is 0 Å². The molecule has 1 aromatic rings. The average molecular weight is 233 g/mol. The maximum atomic E-state index is 10.5. The molecule has 2 atom stereocenters. The molecule has 1 heterocycles. The van der Waals surface area contributed by atoms with Crippen LogP contribution in [-0.4, -0.2) is 29.1 Å². The highest BCUT2D eigenvalue weighted by Gasteiger charge is 2.28. The Morgan fingerprint density at radius 1 is 1.18 bits per heavy atom. The van der Waals surface area contributed by atoms with E-state index in [9.17, 15) is 5.11 Å². The number of hydrogen-bond donors (Lipinski definition) is 1. The molecule has 1 aromatic carbocycles. The molecule has 0 aromatic heterocycles. The zero-order valence-corrected chi connectivity index (χ0v) is 10.7. The summed E-state index contributed by atoms with van der Waals surface area (Å²) in [5, 5.41) is 10.5. The molecule has 1 saturated heterocycles. The Labute approximate surface area is 104 Å². The van der Waals surface area contributed by atoms with Crippen molar-refractivity contribution < 1.29 is 5.11 Å². The van der Waals surface area contributed by atoms with Crippen molar-refractivity contribution >= 4 is 0 Å². The largest absolute Gasteiger partial charge is 0.387 e. The van der Waals surface area contributed by atoms with E-state index in [0.717, 1.165) is 31.5 Å². The van der Waals surface area contributed by atoms with Crippen molar-refractivity contribution in [1.29, 1.82) is 0 Å². The molecule has 0 unspecified atom stereocenters. The van der Waals surface area contributed by atoms with Crippen LogP contribution in [0.4, 0.5) is 0 Å². The van der Waals surface area contributed by atoms with Crippen LogP contribution in [0.15, 0.2) is 30.3 Å². The second kappa shape index (κ2) is 6.18. The smallest absolute Gasteiger partial charge is 0.0945 e. The van der Waals surface area contributed by atoms with Gasteiger partial charge in [0.25, 0.3) is 0 Å². The van der Waals surface area contributed by atoms with Crippen LogP contribution in [0.3, 0.4) is 0 Å². The molecular weight excluding hydrogens is 210 g/mol. The number of nitrogens with zero attached hydrogens (tertiary/aromatic N) is 1. The molecule has 0 radical (unpaired) electrons. The van der Waals surface area contributed by atoms with Gasteiger partial charge in [0.05, 0.1) is 6.10 Å². The van der Waals surface area contributed by atoms with E-state index in [1.165, 1.54) is 12.8 Å². The Morgan fingerprint density at radius 2 is 1.82 bits per heavy atom. The number of likely N-dealkylation sites (tertiary alicyclic amines) is 1. The van der Waals surface area contributed by atoms with Crippen molar-refractivity contribution in [3.8, 4) is 0 Å². The van der Waals surface area contributed by atoms with E-state index in [2.05, 4.69) is 11.8 Å². The fourth-order valence-corrected chi connectivity index (χ4v) is 2.78. The lowest BCUT2D eigenvalue weighted by atomic mass is 9.97.